The SMILES string of the molecule is C=N/C=C\C1=C(C)CNC1. The van der Waals surface area contributed by atoms with Crippen LogP contribution in [0.5, 0.6) is 0 Å². The van der Waals surface area contributed by atoms with Crippen molar-refractivity contribution in [2.45, 2.75) is 6.92 Å². The summed E-state index contributed by atoms with van der Waals surface area (Å²) >= 11 is 0. The summed E-state index contributed by atoms with van der Waals surface area (Å²) in [5.41, 5.74) is 2.74. The van der Waals surface area contributed by atoms with Gasteiger partial charge in [-0.25, -0.2) is 0 Å². The first-order valence-electron chi connectivity index (χ1n) is 3.36. The second kappa shape index (κ2) is 3.32. The van der Waals surface area contributed by atoms with Crippen molar-refractivity contribution in [1.29, 1.82) is 0 Å². The van der Waals surface area contributed by atoms with Gasteiger partial charge in [-0.15, -0.1) is 0 Å². The topological polar surface area (TPSA) is 24.4 Å². The molecule has 0 aromatic heterocycles. The second-order valence-corrected chi connectivity index (χ2v) is 2.41. The Labute approximate surface area is 61.4 Å². The minimum atomic E-state index is 0.970. The maximum atomic E-state index is 3.64. The molecule has 10 heavy (non-hydrogen) atoms. The van der Waals surface area contributed by atoms with Crippen molar-refractivity contribution in [2.75, 3.05) is 13.1 Å². The summed E-state index contributed by atoms with van der Waals surface area (Å²) in [4.78, 5) is 3.64. The molecule has 1 N–H and O–H groups in total. The zero-order chi connectivity index (χ0) is 7.40. The van der Waals surface area contributed by atoms with Crippen molar-refractivity contribution in [2.24, 2.45) is 4.99 Å². The van der Waals surface area contributed by atoms with Crippen LogP contribution in [0.25, 0.3) is 0 Å². The van der Waals surface area contributed by atoms with Gasteiger partial charge in [-0.2, -0.15) is 0 Å². The molecule has 54 valence electrons. The third-order valence-corrected chi connectivity index (χ3v) is 1.63. The molecular formula is C8H12N2. The first-order valence-corrected chi connectivity index (χ1v) is 3.36. The fraction of sp³-hybridized carbons (Fsp3) is 0.375. The number of hydrogen-bond donors (Lipinski definition) is 1. The van der Waals surface area contributed by atoms with E-state index >= 15 is 0 Å². The van der Waals surface area contributed by atoms with Gasteiger partial charge in [0.05, 0.1) is 0 Å². The Bertz CT molecular complexity index is 189. The zero-order valence-electron chi connectivity index (χ0n) is 6.22. The minimum Gasteiger partial charge on any atom is -0.309 e. The lowest BCUT2D eigenvalue weighted by molar-refractivity contribution is 0.868. The summed E-state index contributed by atoms with van der Waals surface area (Å²) < 4.78 is 0. The van der Waals surface area contributed by atoms with E-state index in [-0.39, 0.29) is 0 Å². The molecule has 0 saturated carbocycles. The lowest BCUT2D eigenvalue weighted by Crippen LogP contribution is -2.07. The minimum absolute atomic E-state index is 0.970. The van der Waals surface area contributed by atoms with E-state index in [4.69, 9.17) is 0 Å². The summed E-state index contributed by atoms with van der Waals surface area (Å²) in [6.45, 7) is 7.48. The van der Waals surface area contributed by atoms with Crippen LogP contribution >= 0.6 is 0 Å². The summed E-state index contributed by atoms with van der Waals surface area (Å²) in [5, 5.41) is 3.24. The fourth-order valence-corrected chi connectivity index (χ4v) is 0.993. The smallest absolute Gasteiger partial charge is 0.0263 e. The molecule has 2 nitrogen and oxygen atoms in total. The van der Waals surface area contributed by atoms with Crippen LogP contribution in [0.1, 0.15) is 6.92 Å². The molecule has 0 aromatic carbocycles. The van der Waals surface area contributed by atoms with Gasteiger partial charge >= 0.3 is 0 Å². The number of nitrogens with zero attached hydrogens (tertiary/aromatic N) is 1. The maximum Gasteiger partial charge on any atom is 0.0263 e. The lowest BCUT2D eigenvalue weighted by atomic mass is 10.2. The van der Waals surface area contributed by atoms with E-state index in [0.717, 1.165) is 13.1 Å². The summed E-state index contributed by atoms with van der Waals surface area (Å²) in [5.74, 6) is 0. The number of hydrogen-bond acceptors (Lipinski definition) is 2. The highest BCUT2D eigenvalue weighted by Gasteiger charge is 2.05. The van der Waals surface area contributed by atoms with E-state index in [1.807, 2.05) is 6.08 Å². The molecule has 0 unspecified atom stereocenters. The van der Waals surface area contributed by atoms with E-state index < -0.39 is 0 Å². The average Bonchev–Trinajstić information content (AvgIpc) is 2.31. The first kappa shape index (κ1) is 7.22. The van der Waals surface area contributed by atoms with E-state index in [2.05, 4.69) is 24.0 Å². The Kier molecular flexibility index (Phi) is 2.40. The highest BCUT2D eigenvalue weighted by molar-refractivity contribution is 5.33. The van der Waals surface area contributed by atoms with Gasteiger partial charge in [0, 0.05) is 19.3 Å². The van der Waals surface area contributed by atoms with Crippen molar-refractivity contribution in [3.05, 3.63) is 23.4 Å². The van der Waals surface area contributed by atoms with E-state index in [1.165, 1.54) is 11.1 Å². The Balaban J connectivity index is 2.62. The normalized spacial score (nSPS) is 18.9. The highest BCUT2D eigenvalue weighted by Crippen LogP contribution is 2.09. The van der Waals surface area contributed by atoms with Gasteiger partial charge < -0.3 is 5.32 Å². The number of aliphatic imine (C=N–C) groups is 1. The zero-order valence-corrected chi connectivity index (χ0v) is 6.22. The third-order valence-electron chi connectivity index (χ3n) is 1.63. The molecule has 0 bridgehead atoms. The van der Waals surface area contributed by atoms with E-state index in [0.29, 0.717) is 0 Å². The van der Waals surface area contributed by atoms with Crippen LogP contribution in [-0.4, -0.2) is 19.8 Å². The van der Waals surface area contributed by atoms with Crippen LogP contribution in [0.4, 0.5) is 0 Å². The molecular weight excluding hydrogens is 124 g/mol. The summed E-state index contributed by atoms with van der Waals surface area (Å²) in [7, 11) is 0. The second-order valence-electron chi connectivity index (χ2n) is 2.41. The molecule has 1 aliphatic heterocycles. The maximum absolute atomic E-state index is 3.64. The van der Waals surface area contributed by atoms with Crippen molar-refractivity contribution >= 4 is 6.72 Å². The highest BCUT2D eigenvalue weighted by atomic mass is 14.9. The average molecular weight is 136 g/mol. The molecule has 0 atom stereocenters. The standard InChI is InChI=1S/C8H12N2/c1-7-5-10-6-8(7)3-4-9-2/h3-4,10H,2,5-6H2,1H3/b4-3-. The third kappa shape index (κ3) is 1.54. The van der Waals surface area contributed by atoms with Crippen LogP contribution in [0.2, 0.25) is 0 Å². The van der Waals surface area contributed by atoms with Crippen LogP contribution in [0, 0.1) is 0 Å². The van der Waals surface area contributed by atoms with E-state index in [9.17, 15) is 0 Å². The lowest BCUT2D eigenvalue weighted by Gasteiger charge is -1.90. The van der Waals surface area contributed by atoms with Crippen LogP contribution in [0.15, 0.2) is 28.4 Å². The molecule has 0 saturated heterocycles. The van der Waals surface area contributed by atoms with Crippen molar-refractivity contribution in [3.8, 4) is 0 Å². The molecule has 0 amide bonds. The molecule has 0 aromatic rings. The largest absolute Gasteiger partial charge is 0.309 e. The quantitative estimate of drug-likeness (QED) is 0.565. The van der Waals surface area contributed by atoms with Gasteiger partial charge in [-0.3, -0.25) is 4.99 Å². The van der Waals surface area contributed by atoms with Gasteiger partial charge in [0.25, 0.3) is 0 Å². The van der Waals surface area contributed by atoms with Crippen molar-refractivity contribution in [1.82, 2.24) is 5.32 Å². The van der Waals surface area contributed by atoms with Crippen LogP contribution < -0.4 is 5.32 Å². The van der Waals surface area contributed by atoms with Crippen molar-refractivity contribution < 1.29 is 0 Å². The Morgan fingerprint density at radius 2 is 2.40 bits per heavy atom. The number of rotatable bonds is 2. The molecule has 0 spiro atoms. The van der Waals surface area contributed by atoms with Gasteiger partial charge in [-0.1, -0.05) is 5.57 Å². The molecule has 0 fully saturated rings. The van der Waals surface area contributed by atoms with E-state index in [1.54, 1.807) is 6.20 Å². The van der Waals surface area contributed by atoms with Gasteiger partial charge in [-0.05, 0) is 25.3 Å². The predicted octanol–water partition coefficient (Wildman–Crippen LogP) is 1.12. The molecule has 2 heteroatoms. The van der Waals surface area contributed by atoms with Gasteiger partial charge in [0.1, 0.15) is 0 Å². The van der Waals surface area contributed by atoms with Crippen LogP contribution in [-0.2, 0) is 0 Å². The number of nitrogens with one attached hydrogen (secondary N) is 1. The predicted molar refractivity (Wildman–Crippen MR) is 44.3 cm³/mol. The molecule has 1 heterocycles. The van der Waals surface area contributed by atoms with Crippen molar-refractivity contribution in [3.63, 3.8) is 0 Å². The fourth-order valence-electron chi connectivity index (χ4n) is 0.993. The summed E-state index contributed by atoms with van der Waals surface area (Å²) in [6, 6.07) is 0. The summed E-state index contributed by atoms with van der Waals surface area (Å²) in [6.07, 6.45) is 3.73. The molecule has 1 aliphatic rings. The van der Waals surface area contributed by atoms with Gasteiger partial charge in [0.15, 0.2) is 0 Å². The Morgan fingerprint density at radius 3 is 2.90 bits per heavy atom. The van der Waals surface area contributed by atoms with Crippen LogP contribution in [0.3, 0.4) is 0 Å². The molecule has 1 rings (SSSR count). The molecule has 0 radical (unpaired) electrons. The first-order chi connectivity index (χ1) is 4.84. The Morgan fingerprint density at radius 1 is 1.60 bits per heavy atom. The molecule has 0 aliphatic carbocycles. The monoisotopic (exact) mass is 136 g/mol. The Hall–Kier alpha value is -0.890. The van der Waals surface area contributed by atoms with Gasteiger partial charge in [0.2, 0.25) is 0 Å².